The Morgan fingerprint density at radius 1 is 1.27 bits per heavy atom. The van der Waals surface area contributed by atoms with Crippen LogP contribution in [0.2, 0.25) is 0 Å². The van der Waals surface area contributed by atoms with Crippen LogP contribution in [0.4, 0.5) is 0 Å². The van der Waals surface area contributed by atoms with E-state index in [0.29, 0.717) is 24.3 Å². The van der Waals surface area contributed by atoms with Crippen LogP contribution in [0.3, 0.4) is 0 Å². The van der Waals surface area contributed by atoms with Crippen molar-refractivity contribution in [1.29, 1.82) is 21.2 Å². The highest BCUT2D eigenvalue weighted by Gasteiger charge is 2.80. The molecule has 7 heteroatoms. The molecule has 4 rings (SSSR count). The molecule has 3 fully saturated rings. The maximum Gasteiger partial charge on any atom is 0.217 e. The second-order valence-electron chi connectivity index (χ2n) is 7.41. The molecule has 2 saturated heterocycles. The molecule has 1 aliphatic carbocycles. The van der Waals surface area contributed by atoms with Gasteiger partial charge >= 0.3 is 0 Å². The van der Waals surface area contributed by atoms with Crippen LogP contribution in [-0.4, -0.2) is 16.7 Å². The van der Waals surface area contributed by atoms with Crippen molar-refractivity contribution in [1.82, 2.24) is 4.98 Å². The molecule has 0 radical (unpaired) electrons. The molecule has 0 amide bonds. The lowest BCUT2D eigenvalue weighted by Crippen LogP contribution is -2.60. The number of pyridine rings is 1. The third-order valence-electron chi connectivity index (χ3n) is 6.16. The number of nitrogens with zero attached hydrogens (tertiary/aromatic N) is 4. The minimum atomic E-state index is -1.89. The summed E-state index contributed by atoms with van der Waals surface area (Å²) < 4.78 is 12.1. The van der Waals surface area contributed by atoms with Gasteiger partial charge in [0, 0.05) is 24.4 Å². The first-order chi connectivity index (χ1) is 12.5. The number of nitriles is 3. The van der Waals surface area contributed by atoms with Crippen LogP contribution < -0.4 is 0 Å². The van der Waals surface area contributed by atoms with Crippen LogP contribution in [0.25, 0.3) is 0 Å². The van der Waals surface area contributed by atoms with Crippen LogP contribution in [0.5, 0.6) is 0 Å². The summed E-state index contributed by atoms with van der Waals surface area (Å²) in [4.78, 5) is 4.07. The zero-order chi connectivity index (χ0) is 18.6. The normalized spacial score (nSPS) is 39.6. The van der Waals surface area contributed by atoms with Gasteiger partial charge in [-0.1, -0.05) is 13.0 Å². The van der Waals surface area contributed by atoms with Gasteiger partial charge in [0.2, 0.25) is 17.1 Å². The third-order valence-corrected chi connectivity index (χ3v) is 6.16. The SMILES string of the molecule is CC1CCC23OC(=N)C(C#N)(C2C1)C(C#N)(C#N)C(c1cccnc1)O3. The number of rotatable bonds is 1. The van der Waals surface area contributed by atoms with Gasteiger partial charge in [0.1, 0.15) is 6.10 Å². The van der Waals surface area contributed by atoms with E-state index in [1.165, 1.54) is 6.20 Å². The highest BCUT2D eigenvalue weighted by molar-refractivity contribution is 5.89. The van der Waals surface area contributed by atoms with Crippen LogP contribution in [-0.2, 0) is 9.47 Å². The van der Waals surface area contributed by atoms with E-state index in [-0.39, 0.29) is 5.90 Å². The molecule has 3 heterocycles. The molecule has 0 aromatic carbocycles. The monoisotopic (exact) mass is 347 g/mol. The van der Waals surface area contributed by atoms with Gasteiger partial charge in [0.05, 0.1) is 24.1 Å². The summed E-state index contributed by atoms with van der Waals surface area (Å²) in [5.74, 6) is -1.70. The first kappa shape index (κ1) is 16.5. The van der Waals surface area contributed by atoms with Crippen molar-refractivity contribution in [3.63, 3.8) is 0 Å². The number of aromatic nitrogens is 1. The van der Waals surface area contributed by atoms with Crippen LogP contribution in [0, 0.1) is 62.1 Å². The van der Waals surface area contributed by atoms with E-state index in [1.807, 2.05) is 0 Å². The highest BCUT2D eigenvalue weighted by Crippen LogP contribution is 2.69. The number of hydrogen-bond donors (Lipinski definition) is 1. The summed E-state index contributed by atoms with van der Waals surface area (Å²) in [6.45, 7) is 2.06. The molecule has 26 heavy (non-hydrogen) atoms. The Kier molecular flexibility index (Phi) is 3.35. The Hall–Kier alpha value is -2.95. The summed E-state index contributed by atoms with van der Waals surface area (Å²) in [5.41, 5.74) is -3.02. The van der Waals surface area contributed by atoms with Gasteiger partial charge in [-0.3, -0.25) is 10.4 Å². The minimum Gasteiger partial charge on any atom is -0.447 e. The van der Waals surface area contributed by atoms with Crippen molar-refractivity contribution < 1.29 is 9.47 Å². The van der Waals surface area contributed by atoms with Gasteiger partial charge in [0.25, 0.3) is 0 Å². The highest BCUT2D eigenvalue weighted by atomic mass is 16.7. The minimum absolute atomic E-state index is 0.295. The quantitative estimate of drug-likeness (QED) is 0.832. The zero-order valence-electron chi connectivity index (χ0n) is 14.3. The van der Waals surface area contributed by atoms with Crippen LogP contribution >= 0.6 is 0 Å². The molecule has 1 aromatic heterocycles. The van der Waals surface area contributed by atoms with Crippen molar-refractivity contribution in [2.24, 2.45) is 22.7 Å². The summed E-state index contributed by atoms with van der Waals surface area (Å²) in [5, 5.41) is 38.8. The third kappa shape index (κ3) is 1.68. The van der Waals surface area contributed by atoms with Crippen LogP contribution in [0.15, 0.2) is 24.5 Å². The van der Waals surface area contributed by atoms with E-state index < -0.39 is 28.6 Å². The molecule has 5 unspecified atom stereocenters. The fourth-order valence-electron chi connectivity index (χ4n) is 4.86. The smallest absolute Gasteiger partial charge is 0.217 e. The molecule has 1 saturated carbocycles. The summed E-state index contributed by atoms with van der Waals surface area (Å²) in [6.07, 6.45) is 4.03. The van der Waals surface area contributed by atoms with E-state index in [4.69, 9.17) is 14.9 Å². The number of nitrogens with one attached hydrogen (secondary N) is 1. The topological polar surface area (TPSA) is 127 Å². The predicted octanol–water partition coefficient (Wildman–Crippen LogP) is 2.84. The lowest BCUT2D eigenvalue weighted by Gasteiger charge is -2.52. The predicted molar refractivity (Wildman–Crippen MR) is 87.8 cm³/mol. The first-order valence-corrected chi connectivity index (χ1v) is 8.59. The van der Waals surface area contributed by atoms with Crippen molar-refractivity contribution in [3.8, 4) is 18.2 Å². The van der Waals surface area contributed by atoms with Crippen molar-refractivity contribution in [3.05, 3.63) is 30.1 Å². The number of hydrogen-bond acceptors (Lipinski definition) is 7. The molecule has 2 aliphatic heterocycles. The standard InChI is InChI=1S/C19H17N5O2/c1-12-4-5-19-14(7-12)18(11-22,16(23)26-19)17(9-20,10-21)15(25-19)13-3-2-6-24-8-13/h2-3,6,8,12,14-15,23H,4-5,7H2,1H3. The van der Waals surface area contributed by atoms with Gasteiger partial charge in [-0.25, -0.2) is 0 Å². The molecule has 130 valence electrons. The lowest BCUT2D eigenvalue weighted by atomic mass is 9.51. The van der Waals surface area contributed by atoms with E-state index in [2.05, 4.69) is 30.1 Å². The molecule has 3 aliphatic rings. The zero-order valence-corrected chi connectivity index (χ0v) is 14.3. The first-order valence-electron chi connectivity index (χ1n) is 8.59. The van der Waals surface area contributed by atoms with Crippen molar-refractivity contribution in [2.45, 2.75) is 38.1 Å². The second-order valence-corrected chi connectivity index (χ2v) is 7.41. The molecule has 1 N–H and O–H groups in total. The fraction of sp³-hybridized carbons (Fsp3) is 0.526. The molecular formula is C19H17N5O2. The van der Waals surface area contributed by atoms with Gasteiger partial charge < -0.3 is 9.47 Å². The fourth-order valence-corrected chi connectivity index (χ4v) is 4.86. The molecule has 5 atom stereocenters. The van der Waals surface area contributed by atoms with E-state index in [1.54, 1.807) is 18.3 Å². The molecule has 0 spiro atoms. The summed E-state index contributed by atoms with van der Waals surface area (Å²) >= 11 is 0. The van der Waals surface area contributed by atoms with Crippen LogP contribution in [0.1, 0.15) is 37.9 Å². The van der Waals surface area contributed by atoms with E-state index in [0.717, 1.165) is 6.42 Å². The Morgan fingerprint density at radius 2 is 2.04 bits per heavy atom. The van der Waals surface area contributed by atoms with Gasteiger partial charge in [0.15, 0.2) is 5.41 Å². The summed E-state index contributed by atoms with van der Waals surface area (Å²) in [6, 6.07) is 9.69. The molecular weight excluding hydrogens is 330 g/mol. The second kappa shape index (κ2) is 5.27. The maximum atomic E-state index is 10.2. The molecule has 1 aromatic rings. The average Bonchev–Trinajstić information content (AvgIpc) is 2.86. The van der Waals surface area contributed by atoms with Crippen molar-refractivity contribution >= 4 is 5.90 Å². The summed E-state index contributed by atoms with van der Waals surface area (Å²) in [7, 11) is 0. The van der Waals surface area contributed by atoms with Gasteiger partial charge in [-0.05, 0) is 24.8 Å². The molecule has 7 nitrogen and oxygen atoms in total. The Bertz CT molecular complexity index is 881. The number of ether oxygens (including phenoxy) is 2. The Balaban J connectivity index is 2.00. The average molecular weight is 347 g/mol. The Morgan fingerprint density at radius 3 is 2.65 bits per heavy atom. The van der Waals surface area contributed by atoms with Gasteiger partial charge in [-0.15, -0.1) is 0 Å². The van der Waals surface area contributed by atoms with Crippen molar-refractivity contribution in [2.75, 3.05) is 0 Å². The maximum absolute atomic E-state index is 10.2. The largest absolute Gasteiger partial charge is 0.447 e. The van der Waals surface area contributed by atoms with E-state index >= 15 is 0 Å². The lowest BCUT2D eigenvalue weighted by molar-refractivity contribution is -0.298. The Labute approximate surface area is 151 Å². The van der Waals surface area contributed by atoms with Gasteiger partial charge in [-0.2, -0.15) is 15.8 Å². The van der Waals surface area contributed by atoms with E-state index in [9.17, 15) is 15.8 Å². The molecule has 2 bridgehead atoms.